The van der Waals surface area contributed by atoms with E-state index in [4.69, 9.17) is 4.74 Å². The topological polar surface area (TPSA) is 41.6 Å². The van der Waals surface area contributed by atoms with Crippen molar-refractivity contribution in [1.82, 2.24) is 10.2 Å². The molecule has 2 rings (SSSR count). The van der Waals surface area contributed by atoms with Crippen molar-refractivity contribution in [3.63, 3.8) is 0 Å². The first-order chi connectivity index (χ1) is 10.5. The first-order valence-corrected chi connectivity index (χ1v) is 9.03. The number of amides is 1. The van der Waals surface area contributed by atoms with E-state index in [2.05, 4.69) is 24.1 Å². The molecule has 1 aliphatic rings. The number of piperidine rings is 1. The van der Waals surface area contributed by atoms with Gasteiger partial charge in [-0.3, -0.25) is 4.79 Å². The summed E-state index contributed by atoms with van der Waals surface area (Å²) < 4.78 is 5.64. The average molecular weight is 324 g/mol. The van der Waals surface area contributed by atoms with Crippen molar-refractivity contribution in [1.29, 1.82) is 0 Å². The van der Waals surface area contributed by atoms with Crippen molar-refractivity contribution in [3.05, 3.63) is 21.9 Å². The summed E-state index contributed by atoms with van der Waals surface area (Å²) in [7, 11) is 0. The lowest BCUT2D eigenvalue weighted by molar-refractivity contribution is 0.0739. The number of ether oxygens (including phenoxy) is 1. The normalized spacial score (nSPS) is 17.1. The van der Waals surface area contributed by atoms with E-state index in [1.165, 1.54) is 4.88 Å². The van der Waals surface area contributed by atoms with Gasteiger partial charge in [0.25, 0.3) is 5.91 Å². The van der Waals surface area contributed by atoms with Gasteiger partial charge in [0.05, 0.1) is 11.5 Å². The molecule has 124 valence electrons. The molecule has 0 atom stereocenters. The summed E-state index contributed by atoms with van der Waals surface area (Å²) in [5.41, 5.74) is 0. The summed E-state index contributed by atoms with van der Waals surface area (Å²) in [6, 6.07) is 4.22. The van der Waals surface area contributed by atoms with Crippen LogP contribution < -0.4 is 5.32 Å². The Labute approximate surface area is 137 Å². The van der Waals surface area contributed by atoms with Crippen molar-refractivity contribution in [2.75, 3.05) is 32.8 Å². The van der Waals surface area contributed by atoms with Crippen molar-refractivity contribution in [2.24, 2.45) is 5.92 Å². The highest BCUT2D eigenvalue weighted by Crippen LogP contribution is 2.16. The molecule has 1 fully saturated rings. The second kappa shape index (κ2) is 8.65. The standard InChI is InChI=1S/C17H28N2O2S/c1-13(2)12-21-11-10-19-8-6-15(7-9-19)18-17(20)16-5-4-14(3)22-16/h4-5,13,15H,6-12H2,1-3H3,(H,18,20). The molecule has 0 radical (unpaired) electrons. The van der Waals surface area contributed by atoms with Crippen LogP contribution in [0.1, 0.15) is 41.2 Å². The molecule has 2 heterocycles. The van der Waals surface area contributed by atoms with Crippen LogP contribution in [-0.2, 0) is 4.74 Å². The highest BCUT2D eigenvalue weighted by Gasteiger charge is 2.21. The molecule has 0 bridgehead atoms. The smallest absolute Gasteiger partial charge is 0.261 e. The predicted octanol–water partition coefficient (Wildman–Crippen LogP) is 2.92. The van der Waals surface area contributed by atoms with Crippen LogP contribution in [0.5, 0.6) is 0 Å². The summed E-state index contributed by atoms with van der Waals surface area (Å²) in [5.74, 6) is 0.679. The fourth-order valence-corrected chi connectivity index (χ4v) is 3.40. The molecule has 0 aliphatic carbocycles. The number of likely N-dealkylation sites (tertiary alicyclic amines) is 1. The second-order valence-electron chi connectivity index (χ2n) is 6.47. The van der Waals surface area contributed by atoms with E-state index >= 15 is 0 Å². The maximum absolute atomic E-state index is 12.1. The molecule has 0 spiro atoms. The molecule has 0 aromatic carbocycles. The molecule has 1 aliphatic heterocycles. The summed E-state index contributed by atoms with van der Waals surface area (Å²) in [4.78, 5) is 16.6. The number of rotatable bonds is 7. The van der Waals surface area contributed by atoms with Gasteiger partial charge in [-0.25, -0.2) is 0 Å². The number of carbonyl (C=O) groups excluding carboxylic acids is 1. The van der Waals surface area contributed by atoms with Crippen molar-refractivity contribution in [2.45, 2.75) is 39.7 Å². The molecule has 4 nitrogen and oxygen atoms in total. The van der Waals surface area contributed by atoms with Gasteiger partial charge < -0.3 is 15.0 Å². The lowest BCUT2D eigenvalue weighted by Gasteiger charge is -2.32. The van der Waals surface area contributed by atoms with Gasteiger partial charge in [0, 0.05) is 37.2 Å². The van der Waals surface area contributed by atoms with E-state index in [0.717, 1.165) is 50.6 Å². The lowest BCUT2D eigenvalue weighted by atomic mass is 10.1. The van der Waals surface area contributed by atoms with Gasteiger partial charge in [-0.05, 0) is 37.8 Å². The zero-order valence-electron chi connectivity index (χ0n) is 13.9. The Hall–Kier alpha value is -0.910. The second-order valence-corrected chi connectivity index (χ2v) is 7.76. The number of thiophene rings is 1. The van der Waals surface area contributed by atoms with Gasteiger partial charge in [-0.1, -0.05) is 13.8 Å². The zero-order chi connectivity index (χ0) is 15.9. The largest absolute Gasteiger partial charge is 0.380 e. The highest BCUT2D eigenvalue weighted by molar-refractivity contribution is 7.13. The molecule has 1 saturated heterocycles. The Morgan fingerprint density at radius 2 is 2.14 bits per heavy atom. The Balaban J connectivity index is 1.63. The van der Waals surface area contributed by atoms with Gasteiger partial charge in [0.1, 0.15) is 0 Å². The maximum atomic E-state index is 12.1. The molecule has 5 heteroatoms. The summed E-state index contributed by atoms with van der Waals surface area (Å²) >= 11 is 1.56. The number of nitrogens with one attached hydrogen (secondary N) is 1. The van der Waals surface area contributed by atoms with E-state index in [9.17, 15) is 4.79 Å². The fourth-order valence-electron chi connectivity index (χ4n) is 2.63. The fraction of sp³-hybridized carbons (Fsp3) is 0.706. The summed E-state index contributed by atoms with van der Waals surface area (Å²) in [6.07, 6.45) is 2.06. The van der Waals surface area contributed by atoms with Crippen molar-refractivity contribution in [3.8, 4) is 0 Å². The Kier molecular flexibility index (Phi) is 6.86. The molecule has 1 N–H and O–H groups in total. The zero-order valence-corrected chi connectivity index (χ0v) is 14.7. The van der Waals surface area contributed by atoms with Crippen LogP contribution in [0.2, 0.25) is 0 Å². The van der Waals surface area contributed by atoms with Crippen LogP contribution in [0.25, 0.3) is 0 Å². The molecule has 1 aromatic rings. The van der Waals surface area contributed by atoms with Crippen LogP contribution in [0.15, 0.2) is 12.1 Å². The third-order valence-corrected chi connectivity index (χ3v) is 4.89. The SMILES string of the molecule is Cc1ccc(C(=O)NC2CCN(CCOCC(C)C)CC2)s1. The van der Waals surface area contributed by atoms with E-state index in [1.54, 1.807) is 11.3 Å². The van der Waals surface area contributed by atoms with Crippen LogP contribution in [0.4, 0.5) is 0 Å². The van der Waals surface area contributed by atoms with Gasteiger partial charge in [0.2, 0.25) is 0 Å². The van der Waals surface area contributed by atoms with E-state index in [-0.39, 0.29) is 5.91 Å². The van der Waals surface area contributed by atoms with Crippen LogP contribution in [0.3, 0.4) is 0 Å². The average Bonchev–Trinajstić information content (AvgIpc) is 2.92. The highest BCUT2D eigenvalue weighted by atomic mass is 32.1. The number of aryl methyl sites for hydroxylation is 1. The van der Waals surface area contributed by atoms with Crippen LogP contribution >= 0.6 is 11.3 Å². The Morgan fingerprint density at radius 3 is 2.73 bits per heavy atom. The predicted molar refractivity (Wildman–Crippen MR) is 91.6 cm³/mol. The summed E-state index contributed by atoms with van der Waals surface area (Å²) in [6.45, 7) is 11.1. The minimum absolute atomic E-state index is 0.0804. The Bertz CT molecular complexity index is 465. The van der Waals surface area contributed by atoms with Gasteiger partial charge in [-0.2, -0.15) is 0 Å². The van der Waals surface area contributed by atoms with Crippen LogP contribution in [-0.4, -0.2) is 49.7 Å². The quantitative estimate of drug-likeness (QED) is 0.784. The lowest BCUT2D eigenvalue weighted by Crippen LogP contribution is -2.45. The Morgan fingerprint density at radius 1 is 1.41 bits per heavy atom. The van der Waals surface area contributed by atoms with Gasteiger partial charge in [-0.15, -0.1) is 11.3 Å². The van der Waals surface area contributed by atoms with Gasteiger partial charge in [0.15, 0.2) is 0 Å². The minimum Gasteiger partial charge on any atom is -0.380 e. The molecule has 22 heavy (non-hydrogen) atoms. The van der Waals surface area contributed by atoms with Crippen LogP contribution in [0, 0.1) is 12.8 Å². The molecule has 0 saturated carbocycles. The van der Waals surface area contributed by atoms with E-state index in [0.29, 0.717) is 12.0 Å². The molecular formula is C17H28N2O2S. The molecule has 1 amide bonds. The number of carbonyl (C=O) groups is 1. The number of hydrogen-bond acceptors (Lipinski definition) is 4. The number of nitrogens with zero attached hydrogens (tertiary/aromatic N) is 1. The van der Waals surface area contributed by atoms with E-state index in [1.807, 2.05) is 19.1 Å². The van der Waals surface area contributed by atoms with Crippen molar-refractivity contribution < 1.29 is 9.53 Å². The third-order valence-electron chi connectivity index (χ3n) is 3.89. The van der Waals surface area contributed by atoms with Crippen molar-refractivity contribution >= 4 is 17.2 Å². The van der Waals surface area contributed by atoms with Gasteiger partial charge >= 0.3 is 0 Å². The van der Waals surface area contributed by atoms with E-state index < -0.39 is 0 Å². The first-order valence-electron chi connectivity index (χ1n) is 8.22. The number of hydrogen-bond donors (Lipinski definition) is 1. The molecule has 1 aromatic heterocycles. The first kappa shape index (κ1) is 17.4. The monoisotopic (exact) mass is 324 g/mol. The summed E-state index contributed by atoms with van der Waals surface area (Å²) in [5, 5.41) is 3.16. The minimum atomic E-state index is 0.0804. The maximum Gasteiger partial charge on any atom is 0.261 e. The molecule has 0 unspecified atom stereocenters. The third kappa shape index (κ3) is 5.71. The molecular weight excluding hydrogens is 296 g/mol.